The first-order valence-corrected chi connectivity index (χ1v) is 10.0. The molecule has 0 aliphatic carbocycles. The van der Waals surface area contributed by atoms with Gasteiger partial charge in [-0.05, 0) is 12.1 Å². The number of non-ortho nitro benzene ring substituents is 1. The van der Waals surface area contributed by atoms with Crippen molar-refractivity contribution < 1.29 is 37.1 Å². The van der Waals surface area contributed by atoms with Crippen LogP contribution >= 0.6 is 0 Å². The summed E-state index contributed by atoms with van der Waals surface area (Å²) in [6.45, 7) is -0.819. The van der Waals surface area contributed by atoms with E-state index in [2.05, 4.69) is 5.32 Å². The predicted octanol–water partition coefficient (Wildman–Crippen LogP) is 1.40. The number of ether oxygens (including phenoxy) is 3. The number of nitrogens with one attached hydrogen (secondary N) is 1. The van der Waals surface area contributed by atoms with Crippen molar-refractivity contribution in [2.75, 3.05) is 33.2 Å². The molecule has 0 spiro atoms. The minimum absolute atomic E-state index is 0.00378. The van der Waals surface area contributed by atoms with E-state index in [1.54, 1.807) is 0 Å². The number of sulfonamides is 1. The van der Waals surface area contributed by atoms with Crippen molar-refractivity contribution in [2.45, 2.75) is 4.90 Å². The molecule has 1 aliphatic rings. The summed E-state index contributed by atoms with van der Waals surface area (Å²) in [5, 5.41) is 13.3. The Morgan fingerprint density at radius 3 is 2.26 bits per heavy atom. The van der Waals surface area contributed by atoms with Gasteiger partial charge in [-0.25, -0.2) is 12.7 Å². The number of anilines is 1. The zero-order valence-corrected chi connectivity index (χ0v) is 17.4. The van der Waals surface area contributed by atoms with Crippen molar-refractivity contribution in [3.63, 3.8) is 0 Å². The van der Waals surface area contributed by atoms with Gasteiger partial charge in [0.1, 0.15) is 17.2 Å². The Kier molecular flexibility index (Phi) is 5.71. The summed E-state index contributed by atoms with van der Waals surface area (Å²) in [5.41, 5.74) is -0.341. The van der Waals surface area contributed by atoms with E-state index in [0.29, 0.717) is 4.31 Å². The second kappa shape index (κ2) is 8.10. The molecule has 0 saturated heterocycles. The Morgan fingerprint density at radius 2 is 1.68 bits per heavy atom. The standard InChI is InChI=1S/C18H17N3O9S/c1-28-13-6-10(21(24)25)4-5-12(13)19-17(22)9-20-18(23)11-7-14(29-2)15(30-3)8-16(11)31(20,26)27/h4-8H,9H2,1-3H3,(H,19,22). The summed E-state index contributed by atoms with van der Waals surface area (Å²) >= 11 is 0. The average Bonchev–Trinajstić information content (AvgIpc) is 2.92. The first kappa shape index (κ1) is 21.8. The number of hydrogen-bond donors (Lipinski definition) is 1. The minimum atomic E-state index is -4.31. The van der Waals surface area contributed by atoms with E-state index in [9.17, 15) is 28.1 Å². The molecule has 0 bridgehead atoms. The number of nitro groups is 1. The third-order valence-electron chi connectivity index (χ3n) is 4.47. The Bertz CT molecular complexity index is 1190. The predicted molar refractivity (Wildman–Crippen MR) is 106 cm³/mol. The van der Waals surface area contributed by atoms with Gasteiger partial charge in [-0.2, -0.15) is 0 Å². The molecule has 1 N–H and O–H groups in total. The van der Waals surface area contributed by atoms with Crippen LogP contribution in [0.3, 0.4) is 0 Å². The highest BCUT2D eigenvalue weighted by molar-refractivity contribution is 7.90. The molecule has 0 atom stereocenters. The number of carbonyl (C=O) groups excluding carboxylic acids is 2. The molecule has 2 aromatic carbocycles. The van der Waals surface area contributed by atoms with Crippen molar-refractivity contribution in [3.8, 4) is 17.2 Å². The lowest BCUT2D eigenvalue weighted by molar-refractivity contribution is -0.384. The molecule has 0 aromatic heterocycles. The Hall–Kier alpha value is -3.87. The lowest BCUT2D eigenvalue weighted by Crippen LogP contribution is -2.37. The number of hydrogen-bond acceptors (Lipinski definition) is 9. The van der Waals surface area contributed by atoms with Gasteiger partial charge in [0.05, 0.1) is 43.6 Å². The summed E-state index contributed by atoms with van der Waals surface area (Å²) in [4.78, 5) is 35.1. The molecule has 0 radical (unpaired) electrons. The number of rotatable bonds is 7. The number of benzene rings is 2. The maximum absolute atomic E-state index is 12.8. The number of nitrogens with zero attached hydrogens (tertiary/aromatic N) is 2. The third kappa shape index (κ3) is 3.82. The third-order valence-corrected chi connectivity index (χ3v) is 6.24. The molecule has 164 valence electrons. The van der Waals surface area contributed by atoms with E-state index in [-0.39, 0.29) is 39.1 Å². The summed E-state index contributed by atoms with van der Waals surface area (Å²) in [6, 6.07) is 5.86. The van der Waals surface area contributed by atoms with Gasteiger partial charge >= 0.3 is 0 Å². The molecule has 13 heteroatoms. The highest BCUT2D eigenvalue weighted by Crippen LogP contribution is 2.39. The van der Waals surface area contributed by atoms with Gasteiger partial charge in [-0.1, -0.05) is 0 Å². The molecule has 0 unspecified atom stereocenters. The van der Waals surface area contributed by atoms with Crippen LogP contribution in [0, 0.1) is 10.1 Å². The van der Waals surface area contributed by atoms with Crippen molar-refractivity contribution in [1.82, 2.24) is 4.31 Å². The van der Waals surface area contributed by atoms with Crippen LogP contribution in [-0.2, 0) is 14.8 Å². The maximum Gasteiger partial charge on any atom is 0.273 e. The fraction of sp³-hybridized carbons (Fsp3) is 0.222. The second-order valence-electron chi connectivity index (χ2n) is 6.21. The number of nitro benzene ring substituents is 1. The van der Waals surface area contributed by atoms with Crippen molar-refractivity contribution >= 4 is 33.2 Å². The molecular weight excluding hydrogens is 434 g/mol. The number of carbonyl (C=O) groups is 2. The second-order valence-corrected chi connectivity index (χ2v) is 8.04. The van der Waals surface area contributed by atoms with Crippen LogP contribution in [-0.4, -0.2) is 57.3 Å². The quantitative estimate of drug-likeness (QED) is 0.486. The van der Waals surface area contributed by atoms with Gasteiger partial charge in [-0.3, -0.25) is 19.7 Å². The Morgan fingerprint density at radius 1 is 1.06 bits per heavy atom. The smallest absolute Gasteiger partial charge is 0.273 e. The van der Waals surface area contributed by atoms with E-state index >= 15 is 0 Å². The molecule has 31 heavy (non-hydrogen) atoms. The summed E-state index contributed by atoms with van der Waals surface area (Å²) in [6.07, 6.45) is 0. The highest BCUT2D eigenvalue weighted by Gasteiger charge is 2.43. The average molecular weight is 451 g/mol. The fourth-order valence-electron chi connectivity index (χ4n) is 2.98. The molecule has 0 saturated carbocycles. The summed E-state index contributed by atoms with van der Waals surface area (Å²) < 4.78 is 41.3. The van der Waals surface area contributed by atoms with Gasteiger partial charge in [0, 0.05) is 12.1 Å². The number of amides is 2. The van der Waals surface area contributed by atoms with E-state index in [1.807, 2.05) is 0 Å². The first-order valence-electron chi connectivity index (χ1n) is 8.59. The minimum Gasteiger partial charge on any atom is -0.494 e. The van der Waals surface area contributed by atoms with Crippen molar-refractivity contribution in [2.24, 2.45) is 0 Å². The van der Waals surface area contributed by atoms with Crippen molar-refractivity contribution in [1.29, 1.82) is 0 Å². The van der Waals surface area contributed by atoms with Crippen LogP contribution in [0.1, 0.15) is 10.4 Å². The fourth-order valence-corrected chi connectivity index (χ4v) is 4.50. The monoisotopic (exact) mass is 451 g/mol. The Labute approximate surface area is 176 Å². The van der Waals surface area contributed by atoms with E-state index in [4.69, 9.17) is 14.2 Å². The molecule has 2 amide bonds. The van der Waals surface area contributed by atoms with Crippen LogP contribution in [0.4, 0.5) is 11.4 Å². The zero-order valence-electron chi connectivity index (χ0n) is 16.6. The first-order chi connectivity index (χ1) is 14.6. The summed E-state index contributed by atoms with van der Waals surface area (Å²) in [7, 11) is -0.407. The van der Waals surface area contributed by atoms with Crippen LogP contribution in [0.15, 0.2) is 35.2 Å². The van der Waals surface area contributed by atoms with Crippen LogP contribution in [0.25, 0.3) is 0 Å². The highest BCUT2D eigenvalue weighted by atomic mass is 32.2. The Balaban J connectivity index is 1.87. The van der Waals surface area contributed by atoms with Gasteiger partial charge in [0.25, 0.3) is 21.6 Å². The summed E-state index contributed by atoms with van der Waals surface area (Å²) in [5.74, 6) is -1.49. The number of fused-ring (bicyclic) bond motifs is 1. The molecule has 12 nitrogen and oxygen atoms in total. The SMILES string of the molecule is COc1cc([N+](=O)[O-])ccc1NC(=O)CN1C(=O)c2cc(OC)c(OC)cc2S1(=O)=O. The molecule has 3 rings (SSSR count). The molecule has 0 fully saturated rings. The van der Waals surface area contributed by atoms with E-state index < -0.39 is 33.3 Å². The molecule has 2 aromatic rings. The molecule has 1 aliphatic heterocycles. The van der Waals surface area contributed by atoms with Crippen LogP contribution < -0.4 is 19.5 Å². The maximum atomic E-state index is 12.8. The lowest BCUT2D eigenvalue weighted by Gasteiger charge is -2.15. The topological polar surface area (TPSA) is 154 Å². The van der Waals surface area contributed by atoms with E-state index in [0.717, 1.165) is 18.2 Å². The van der Waals surface area contributed by atoms with Gasteiger partial charge < -0.3 is 19.5 Å². The van der Waals surface area contributed by atoms with Crippen LogP contribution in [0.5, 0.6) is 17.2 Å². The zero-order chi connectivity index (χ0) is 22.9. The lowest BCUT2D eigenvalue weighted by atomic mass is 10.2. The van der Waals surface area contributed by atoms with Crippen LogP contribution in [0.2, 0.25) is 0 Å². The largest absolute Gasteiger partial charge is 0.494 e. The van der Waals surface area contributed by atoms with Gasteiger partial charge in [0.15, 0.2) is 11.5 Å². The normalized spacial score (nSPS) is 14.0. The molecule has 1 heterocycles. The number of methoxy groups -OCH3 is 3. The van der Waals surface area contributed by atoms with Crippen molar-refractivity contribution in [3.05, 3.63) is 46.0 Å². The van der Waals surface area contributed by atoms with E-state index in [1.165, 1.54) is 33.5 Å². The molecular formula is C18H17N3O9S. The van der Waals surface area contributed by atoms with Gasteiger partial charge in [0.2, 0.25) is 5.91 Å². The van der Waals surface area contributed by atoms with Gasteiger partial charge in [-0.15, -0.1) is 0 Å².